The molecule has 6 heteroatoms. The molecule has 1 aliphatic heterocycles. The highest BCUT2D eigenvalue weighted by Crippen LogP contribution is 2.25. The second-order valence-corrected chi connectivity index (χ2v) is 8.02. The lowest BCUT2D eigenvalue weighted by molar-refractivity contribution is -0.135. The number of benzene rings is 2. The van der Waals surface area contributed by atoms with Crippen molar-refractivity contribution in [2.45, 2.75) is 31.1 Å². The smallest absolute Gasteiger partial charge is 0.233 e. The lowest BCUT2D eigenvalue weighted by Gasteiger charge is -2.31. The van der Waals surface area contributed by atoms with Crippen molar-refractivity contribution >= 4 is 28.7 Å². The molecule has 0 spiro atoms. The number of fused-ring (bicyclic) bond motifs is 1. The third kappa shape index (κ3) is 4.39. The number of thioether (sulfide) groups is 1. The molecule has 3 aromatic rings. The zero-order chi connectivity index (χ0) is 19.3. The second kappa shape index (κ2) is 8.80. The first-order valence-corrected chi connectivity index (χ1v) is 10.7. The molecule has 1 fully saturated rings. The molecule has 5 nitrogen and oxygen atoms in total. The van der Waals surface area contributed by atoms with Crippen LogP contribution in [-0.2, 0) is 22.5 Å². The van der Waals surface area contributed by atoms with Crippen LogP contribution in [0.4, 0.5) is 0 Å². The van der Waals surface area contributed by atoms with Crippen molar-refractivity contribution in [1.82, 2.24) is 14.5 Å². The van der Waals surface area contributed by atoms with Crippen LogP contribution in [0, 0.1) is 0 Å². The summed E-state index contributed by atoms with van der Waals surface area (Å²) in [5, 5.41) is 0.909. The van der Waals surface area contributed by atoms with Gasteiger partial charge in [0.15, 0.2) is 5.16 Å². The van der Waals surface area contributed by atoms with Gasteiger partial charge in [-0.1, -0.05) is 54.2 Å². The van der Waals surface area contributed by atoms with E-state index in [4.69, 9.17) is 9.72 Å². The maximum atomic E-state index is 12.6. The molecule has 28 heavy (non-hydrogen) atoms. The van der Waals surface area contributed by atoms with Crippen molar-refractivity contribution in [3.05, 3.63) is 60.2 Å². The number of morpholine rings is 1. The first-order valence-electron chi connectivity index (χ1n) is 9.72. The zero-order valence-electron chi connectivity index (χ0n) is 16.1. The number of imidazole rings is 1. The van der Waals surface area contributed by atoms with Gasteiger partial charge in [0.1, 0.15) is 0 Å². The minimum Gasteiger partial charge on any atom is -0.375 e. The van der Waals surface area contributed by atoms with E-state index < -0.39 is 0 Å². The van der Waals surface area contributed by atoms with Gasteiger partial charge < -0.3 is 14.2 Å². The summed E-state index contributed by atoms with van der Waals surface area (Å²) in [6.45, 7) is 4.82. The molecule has 1 aliphatic rings. The van der Waals surface area contributed by atoms with Gasteiger partial charge in [-0.25, -0.2) is 4.98 Å². The van der Waals surface area contributed by atoms with Gasteiger partial charge in [-0.15, -0.1) is 0 Å². The van der Waals surface area contributed by atoms with Crippen molar-refractivity contribution in [1.29, 1.82) is 0 Å². The molecule has 0 aliphatic carbocycles. The van der Waals surface area contributed by atoms with E-state index in [0.29, 0.717) is 25.4 Å². The molecule has 1 amide bonds. The number of ether oxygens (including phenoxy) is 1. The molecule has 1 saturated heterocycles. The SMILES string of the molecule is CC1CN(C(=O)CSc2nc3ccccc3n2CCc2ccccc2)CCO1. The summed E-state index contributed by atoms with van der Waals surface area (Å²) in [5.41, 5.74) is 3.40. The second-order valence-electron chi connectivity index (χ2n) is 7.08. The van der Waals surface area contributed by atoms with Crippen molar-refractivity contribution in [2.75, 3.05) is 25.4 Å². The average Bonchev–Trinajstić information content (AvgIpc) is 3.08. The number of aryl methyl sites for hydroxylation is 2. The van der Waals surface area contributed by atoms with Gasteiger partial charge in [0, 0.05) is 19.6 Å². The molecule has 2 heterocycles. The Morgan fingerprint density at radius 2 is 1.96 bits per heavy atom. The van der Waals surface area contributed by atoms with Crippen LogP contribution in [0.25, 0.3) is 11.0 Å². The standard InChI is InChI=1S/C22H25N3O2S/c1-17-15-24(13-14-27-17)21(26)16-28-22-23-19-9-5-6-10-20(19)25(22)12-11-18-7-3-2-4-8-18/h2-10,17H,11-16H2,1H3. The number of carbonyl (C=O) groups is 1. The molecule has 4 rings (SSSR count). The lowest BCUT2D eigenvalue weighted by atomic mass is 10.1. The predicted octanol–water partition coefficient (Wildman–Crippen LogP) is 3.62. The van der Waals surface area contributed by atoms with Gasteiger partial charge in [-0.2, -0.15) is 0 Å². The van der Waals surface area contributed by atoms with Crippen molar-refractivity contribution < 1.29 is 9.53 Å². The number of para-hydroxylation sites is 2. The van der Waals surface area contributed by atoms with E-state index in [2.05, 4.69) is 34.9 Å². The summed E-state index contributed by atoms with van der Waals surface area (Å²) < 4.78 is 7.78. The van der Waals surface area contributed by atoms with E-state index >= 15 is 0 Å². The Kier molecular flexibility index (Phi) is 5.98. The van der Waals surface area contributed by atoms with Gasteiger partial charge in [-0.05, 0) is 31.0 Å². The van der Waals surface area contributed by atoms with Crippen molar-refractivity contribution in [2.24, 2.45) is 0 Å². The van der Waals surface area contributed by atoms with Gasteiger partial charge in [0.05, 0.1) is 29.5 Å². The van der Waals surface area contributed by atoms with Crippen molar-refractivity contribution in [3.63, 3.8) is 0 Å². The normalized spacial score (nSPS) is 17.2. The van der Waals surface area contributed by atoms with Crippen LogP contribution in [0.5, 0.6) is 0 Å². The Morgan fingerprint density at radius 3 is 2.79 bits per heavy atom. The van der Waals surface area contributed by atoms with Crippen molar-refractivity contribution in [3.8, 4) is 0 Å². The highest BCUT2D eigenvalue weighted by Gasteiger charge is 2.22. The Labute approximate surface area is 169 Å². The molecule has 146 valence electrons. The molecule has 1 aromatic heterocycles. The number of carbonyl (C=O) groups excluding carboxylic acids is 1. The minimum atomic E-state index is 0.109. The third-order valence-electron chi connectivity index (χ3n) is 5.00. The van der Waals surface area contributed by atoms with E-state index in [9.17, 15) is 4.79 Å². The van der Waals surface area contributed by atoms with Gasteiger partial charge >= 0.3 is 0 Å². The van der Waals surface area contributed by atoms with E-state index in [1.54, 1.807) is 0 Å². The number of amides is 1. The molecule has 0 saturated carbocycles. The van der Waals surface area contributed by atoms with E-state index in [1.807, 2.05) is 36.1 Å². The predicted molar refractivity (Wildman–Crippen MR) is 113 cm³/mol. The first kappa shape index (κ1) is 19.0. The lowest BCUT2D eigenvalue weighted by Crippen LogP contribution is -2.45. The molecule has 1 atom stereocenters. The topological polar surface area (TPSA) is 47.4 Å². The molecule has 0 N–H and O–H groups in total. The molecule has 0 bridgehead atoms. The summed E-state index contributed by atoms with van der Waals surface area (Å²) in [5.74, 6) is 0.559. The Bertz CT molecular complexity index is 941. The summed E-state index contributed by atoms with van der Waals surface area (Å²) in [4.78, 5) is 19.3. The van der Waals surface area contributed by atoms with Crippen LogP contribution >= 0.6 is 11.8 Å². The van der Waals surface area contributed by atoms with Crippen LogP contribution < -0.4 is 0 Å². The van der Waals surface area contributed by atoms with Gasteiger partial charge in [-0.3, -0.25) is 4.79 Å². The van der Waals surface area contributed by atoms with E-state index in [-0.39, 0.29) is 12.0 Å². The Morgan fingerprint density at radius 1 is 1.18 bits per heavy atom. The molecule has 1 unspecified atom stereocenters. The molecule has 2 aromatic carbocycles. The summed E-state index contributed by atoms with van der Waals surface area (Å²) in [7, 11) is 0. The van der Waals surface area contributed by atoms with E-state index in [0.717, 1.165) is 29.2 Å². The van der Waals surface area contributed by atoms with Crippen LogP contribution in [0.15, 0.2) is 59.8 Å². The summed E-state index contributed by atoms with van der Waals surface area (Å²) in [6, 6.07) is 18.6. The number of nitrogens with zero attached hydrogens (tertiary/aromatic N) is 3. The monoisotopic (exact) mass is 395 g/mol. The quantitative estimate of drug-likeness (QED) is 0.598. The minimum absolute atomic E-state index is 0.109. The molecular formula is C22H25N3O2S. The highest BCUT2D eigenvalue weighted by atomic mass is 32.2. The number of aromatic nitrogens is 2. The average molecular weight is 396 g/mol. The zero-order valence-corrected chi connectivity index (χ0v) is 16.9. The summed E-state index contributed by atoms with van der Waals surface area (Å²) >= 11 is 1.53. The maximum Gasteiger partial charge on any atom is 0.233 e. The van der Waals surface area contributed by atoms with Gasteiger partial charge in [0.2, 0.25) is 5.91 Å². The van der Waals surface area contributed by atoms with E-state index in [1.165, 1.54) is 17.3 Å². The largest absolute Gasteiger partial charge is 0.375 e. The van der Waals surface area contributed by atoms with Crippen LogP contribution in [-0.4, -0.2) is 51.9 Å². The summed E-state index contributed by atoms with van der Waals surface area (Å²) in [6.07, 6.45) is 1.04. The third-order valence-corrected chi connectivity index (χ3v) is 5.97. The number of rotatable bonds is 6. The molecule has 0 radical (unpaired) electrons. The fourth-order valence-corrected chi connectivity index (χ4v) is 4.47. The molecular weight excluding hydrogens is 370 g/mol. The van der Waals surface area contributed by atoms with Crippen LogP contribution in [0.1, 0.15) is 12.5 Å². The highest BCUT2D eigenvalue weighted by molar-refractivity contribution is 7.99. The fourth-order valence-electron chi connectivity index (χ4n) is 3.53. The van der Waals surface area contributed by atoms with Crippen LogP contribution in [0.3, 0.4) is 0 Å². The number of hydrogen-bond donors (Lipinski definition) is 0. The number of hydrogen-bond acceptors (Lipinski definition) is 4. The van der Waals surface area contributed by atoms with Crippen LogP contribution in [0.2, 0.25) is 0 Å². The fraction of sp³-hybridized carbons (Fsp3) is 0.364. The van der Waals surface area contributed by atoms with Gasteiger partial charge in [0.25, 0.3) is 0 Å². The first-order chi connectivity index (χ1) is 13.7. The maximum absolute atomic E-state index is 12.6. The Balaban J connectivity index is 1.48. The Hall–Kier alpha value is -2.31.